The Morgan fingerprint density at radius 3 is 3.00 bits per heavy atom. The molecule has 98 valence electrons. The molecule has 0 aliphatic carbocycles. The number of nitrogens with one attached hydrogen (secondary N) is 1. The lowest BCUT2D eigenvalue weighted by Gasteiger charge is -2.23. The highest BCUT2D eigenvalue weighted by Gasteiger charge is 2.16. The summed E-state index contributed by atoms with van der Waals surface area (Å²) in [6, 6.07) is 4.68. The number of aromatic nitrogens is 2. The van der Waals surface area contributed by atoms with Crippen LogP contribution in [0.5, 0.6) is 0 Å². The average molecular weight is 282 g/mol. The molecule has 0 aliphatic heterocycles. The van der Waals surface area contributed by atoms with Crippen molar-refractivity contribution in [2.24, 2.45) is 0 Å². The highest BCUT2D eigenvalue weighted by molar-refractivity contribution is 7.10. The number of thiophene rings is 1. The van der Waals surface area contributed by atoms with Crippen LogP contribution in [-0.2, 0) is 6.54 Å². The van der Waals surface area contributed by atoms with Gasteiger partial charge in [0, 0.05) is 35.5 Å². The predicted octanol–water partition coefficient (Wildman–Crippen LogP) is 3.22. The minimum absolute atomic E-state index is 0.404. The molecule has 2 heterocycles. The summed E-state index contributed by atoms with van der Waals surface area (Å²) in [5.74, 6) is 0. The minimum atomic E-state index is 0.404. The normalized spacial score (nSPS) is 12.9. The molecule has 0 aliphatic rings. The fraction of sp³-hybridized carbons (Fsp3) is 0.500. The predicted molar refractivity (Wildman–Crippen MR) is 78.3 cm³/mol. The Labute approximate surface area is 116 Å². The van der Waals surface area contributed by atoms with Crippen molar-refractivity contribution >= 4 is 27.9 Å². The minimum Gasteiger partial charge on any atom is -0.374 e. The van der Waals surface area contributed by atoms with Gasteiger partial charge in [-0.2, -0.15) is 0 Å². The molecule has 18 heavy (non-hydrogen) atoms. The number of hydrogen-bond acceptors (Lipinski definition) is 6. The molecular weight excluding hydrogens is 264 g/mol. The zero-order valence-electron chi connectivity index (χ0n) is 10.9. The summed E-state index contributed by atoms with van der Waals surface area (Å²) in [5, 5.41) is 10.7. The molecule has 2 aromatic rings. The van der Waals surface area contributed by atoms with Crippen LogP contribution < -0.4 is 5.32 Å². The van der Waals surface area contributed by atoms with Crippen molar-refractivity contribution in [2.75, 3.05) is 18.9 Å². The van der Waals surface area contributed by atoms with Gasteiger partial charge < -0.3 is 5.32 Å². The van der Waals surface area contributed by atoms with Gasteiger partial charge in [0.05, 0.1) is 0 Å². The zero-order chi connectivity index (χ0) is 13.0. The van der Waals surface area contributed by atoms with E-state index in [1.54, 1.807) is 11.3 Å². The van der Waals surface area contributed by atoms with Crippen LogP contribution in [0.1, 0.15) is 30.5 Å². The first kappa shape index (κ1) is 13.5. The molecular formula is C12H18N4S2. The molecule has 4 nitrogen and oxygen atoms in total. The largest absolute Gasteiger partial charge is 0.374 e. The van der Waals surface area contributed by atoms with Crippen molar-refractivity contribution < 1.29 is 0 Å². The first-order valence-corrected chi connectivity index (χ1v) is 7.66. The maximum absolute atomic E-state index is 4.21. The van der Waals surface area contributed by atoms with Gasteiger partial charge in [0.2, 0.25) is 0 Å². The molecule has 0 amide bonds. The SMILES string of the molecule is CCNc1snnc1CN(C)C(C)c1cccs1. The molecule has 0 fully saturated rings. The molecule has 6 heteroatoms. The number of anilines is 1. The molecule has 0 saturated carbocycles. The van der Waals surface area contributed by atoms with Crippen LogP contribution in [0.25, 0.3) is 0 Å². The van der Waals surface area contributed by atoms with E-state index in [1.165, 1.54) is 16.4 Å². The average Bonchev–Trinajstić information content (AvgIpc) is 3.00. The molecule has 1 unspecified atom stereocenters. The fourth-order valence-electron chi connectivity index (χ4n) is 1.73. The van der Waals surface area contributed by atoms with E-state index < -0.39 is 0 Å². The zero-order valence-corrected chi connectivity index (χ0v) is 12.5. The van der Waals surface area contributed by atoms with Gasteiger partial charge in [0.15, 0.2) is 0 Å². The number of hydrogen-bond donors (Lipinski definition) is 1. The Balaban J connectivity index is 2.02. The highest BCUT2D eigenvalue weighted by Crippen LogP contribution is 2.26. The van der Waals surface area contributed by atoms with Crippen molar-refractivity contribution in [3.63, 3.8) is 0 Å². The maximum Gasteiger partial charge on any atom is 0.134 e. The van der Waals surface area contributed by atoms with Gasteiger partial charge >= 0.3 is 0 Å². The monoisotopic (exact) mass is 282 g/mol. The van der Waals surface area contributed by atoms with Gasteiger partial charge in [-0.15, -0.1) is 16.4 Å². The van der Waals surface area contributed by atoms with E-state index in [0.29, 0.717) is 6.04 Å². The molecule has 0 saturated heterocycles. The number of nitrogens with zero attached hydrogens (tertiary/aromatic N) is 3. The van der Waals surface area contributed by atoms with E-state index in [1.807, 2.05) is 0 Å². The van der Waals surface area contributed by atoms with Gasteiger partial charge in [-0.1, -0.05) is 10.6 Å². The van der Waals surface area contributed by atoms with Gasteiger partial charge in [-0.05, 0) is 32.3 Å². The quantitative estimate of drug-likeness (QED) is 0.883. The Bertz CT molecular complexity index is 466. The fourth-order valence-corrected chi connectivity index (χ4v) is 3.22. The Morgan fingerprint density at radius 1 is 1.50 bits per heavy atom. The third-order valence-corrected chi connectivity index (χ3v) is 4.68. The van der Waals surface area contributed by atoms with Gasteiger partial charge in [0.25, 0.3) is 0 Å². The summed E-state index contributed by atoms with van der Waals surface area (Å²) in [7, 11) is 2.12. The van der Waals surface area contributed by atoms with Crippen molar-refractivity contribution in [1.82, 2.24) is 14.5 Å². The van der Waals surface area contributed by atoms with Crippen LogP contribution in [-0.4, -0.2) is 28.1 Å². The first-order valence-electron chi connectivity index (χ1n) is 6.01. The molecule has 2 aromatic heterocycles. The topological polar surface area (TPSA) is 41.1 Å². The third kappa shape index (κ3) is 3.07. The lowest BCUT2D eigenvalue weighted by molar-refractivity contribution is 0.254. The van der Waals surface area contributed by atoms with Crippen LogP contribution in [0, 0.1) is 0 Å². The third-order valence-electron chi connectivity index (χ3n) is 2.91. The Morgan fingerprint density at radius 2 is 2.33 bits per heavy atom. The van der Waals surface area contributed by atoms with E-state index in [9.17, 15) is 0 Å². The lowest BCUT2D eigenvalue weighted by Crippen LogP contribution is -2.22. The molecule has 2 rings (SSSR count). The van der Waals surface area contributed by atoms with Crippen LogP contribution in [0.2, 0.25) is 0 Å². The maximum atomic E-state index is 4.21. The second-order valence-electron chi connectivity index (χ2n) is 4.19. The summed E-state index contributed by atoms with van der Waals surface area (Å²) in [5.41, 5.74) is 1.03. The van der Waals surface area contributed by atoms with Crippen molar-refractivity contribution in [2.45, 2.75) is 26.4 Å². The summed E-state index contributed by atoms with van der Waals surface area (Å²) >= 11 is 3.22. The standard InChI is InChI=1S/C12H18N4S2/c1-4-13-12-10(14-15-18-12)8-16(3)9(2)11-6-5-7-17-11/h5-7,9,13H,4,8H2,1-3H3. The van der Waals surface area contributed by atoms with E-state index >= 15 is 0 Å². The molecule has 0 aromatic carbocycles. The summed E-state index contributed by atoms with van der Waals surface area (Å²) in [4.78, 5) is 3.68. The second-order valence-corrected chi connectivity index (χ2v) is 5.92. The molecule has 0 bridgehead atoms. The first-order chi connectivity index (χ1) is 8.72. The van der Waals surface area contributed by atoms with E-state index in [-0.39, 0.29) is 0 Å². The molecule has 1 N–H and O–H groups in total. The van der Waals surface area contributed by atoms with Crippen LogP contribution in [0.3, 0.4) is 0 Å². The van der Waals surface area contributed by atoms with Crippen LogP contribution in [0.15, 0.2) is 17.5 Å². The molecule has 1 atom stereocenters. The summed E-state index contributed by atoms with van der Waals surface area (Å²) < 4.78 is 4.02. The molecule has 0 radical (unpaired) electrons. The van der Waals surface area contributed by atoms with Gasteiger partial charge in [-0.3, -0.25) is 4.90 Å². The molecule has 0 spiro atoms. The highest BCUT2D eigenvalue weighted by atomic mass is 32.1. The summed E-state index contributed by atoms with van der Waals surface area (Å²) in [6.45, 7) is 6.03. The van der Waals surface area contributed by atoms with Crippen molar-refractivity contribution in [1.29, 1.82) is 0 Å². The van der Waals surface area contributed by atoms with Gasteiger partial charge in [0.1, 0.15) is 10.7 Å². The summed E-state index contributed by atoms with van der Waals surface area (Å²) in [6.07, 6.45) is 0. The Kier molecular flexibility index (Phi) is 4.68. The van der Waals surface area contributed by atoms with Crippen LogP contribution >= 0.6 is 22.9 Å². The van der Waals surface area contributed by atoms with Crippen molar-refractivity contribution in [3.8, 4) is 0 Å². The van der Waals surface area contributed by atoms with Crippen LogP contribution in [0.4, 0.5) is 5.00 Å². The number of rotatable bonds is 6. The smallest absolute Gasteiger partial charge is 0.134 e. The van der Waals surface area contributed by atoms with E-state index in [2.05, 4.69) is 58.2 Å². The van der Waals surface area contributed by atoms with Gasteiger partial charge in [-0.25, -0.2) is 0 Å². The lowest BCUT2D eigenvalue weighted by atomic mass is 10.2. The van der Waals surface area contributed by atoms with Crippen molar-refractivity contribution in [3.05, 3.63) is 28.1 Å². The van der Waals surface area contributed by atoms with E-state index in [4.69, 9.17) is 0 Å². The second kappa shape index (κ2) is 6.26. The Hall–Kier alpha value is -0.980. The van der Waals surface area contributed by atoms with E-state index in [0.717, 1.165) is 23.8 Å².